The number of nitrogens with one attached hydrogen (secondary N) is 2. The van der Waals surface area contributed by atoms with Gasteiger partial charge < -0.3 is 19.9 Å². The predicted octanol–water partition coefficient (Wildman–Crippen LogP) is -0.613. The molecule has 1 atom stereocenters. The minimum atomic E-state index is -0.226. The summed E-state index contributed by atoms with van der Waals surface area (Å²) in [5.41, 5.74) is 0.411. The van der Waals surface area contributed by atoms with Gasteiger partial charge in [-0.2, -0.15) is 0 Å². The molecule has 2 N–H and O–H groups in total. The number of carbonyl (C=O) groups excluding carboxylic acids is 2. The SMILES string of the molecule is CC(=O)N1CCO[C@H](CNC(=O)c2cnc[nH]2)C1. The Morgan fingerprint density at radius 3 is 3.17 bits per heavy atom. The van der Waals surface area contributed by atoms with Gasteiger partial charge in [0.05, 0.1) is 25.2 Å². The number of aromatic amines is 1. The van der Waals surface area contributed by atoms with E-state index in [0.717, 1.165) is 0 Å². The molecule has 1 aromatic heterocycles. The van der Waals surface area contributed by atoms with Crippen molar-refractivity contribution in [1.29, 1.82) is 0 Å². The number of imidazole rings is 1. The molecular weight excluding hydrogens is 236 g/mol. The lowest BCUT2D eigenvalue weighted by Crippen LogP contribution is -2.49. The van der Waals surface area contributed by atoms with Crippen LogP contribution in [0, 0.1) is 0 Å². The smallest absolute Gasteiger partial charge is 0.269 e. The molecule has 0 unspecified atom stereocenters. The van der Waals surface area contributed by atoms with Crippen molar-refractivity contribution in [2.45, 2.75) is 13.0 Å². The van der Waals surface area contributed by atoms with Gasteiger partial charge in [0.1, 0.15) is 5.69 Å². The second-order valence-corrected chi connectivity index (χ2v) is 4.13. The van der Waals surface area contributed by atoms with Crippen LogP contribution in [0.3, 0.4) is 0 Å². The fraction of sp³-hybridized carbons (Fsp3) is 0.545. The van der Waals surface area contributed by atoms with Crippen LogP contribution < -0.4 is 5.32 Å². The highest BCUT2D eigenvalue weighted by Gasteiger charge is 2.22. The minimum Gasteiger partial charge on any atom is -0.373 e. The van der Waals surface area contributed by atoms with Crippen LogP contribution in [0.15, 0.2) is 12.5 Å². The molecule has 2 amide bonds. The molecule has 1 aliphatic heterocycles. The molecular formula is C11H16N4O3. The van der Waals surface area contributed by atoms with Crippen LogP contribution in [-0.2, 0) is 9.53 Å². The summed E-state index contributed by atoms with van der Waals surface area (Å²) in [7, 11) is 0. The first-order chi connectivity index (χ1) is 8.66. The molecule has 7 heteroatoms. The maximum atomic E-state index is 11.6. The molecule has 0 aromatic carbocycles. The van der Waals surface area contributed by atoms with Crippen molar-refractivity contribution in [3.63, 3.8) is 0 Å². The Bertz CT molecular complexity index is 418. The van der Waals surface area contributed by atoms with Crippen molar-refractivity contribution in [2.24, 2.45) is 0 Å². The summed E-state index contributed by atoms with van der Waals surface area (Å²) in [4.78, 5) is 31.1. The molecule has 1 aliphatic rings. The fourth-order valence-corrected chi connectivity index (χ4v) is 1.81. The summed E-state index contributed by atoms with van der Waals surface area (Å²) in [6, 6.07) is 0. The molecule has 0 saturated carbocycles. The van der Waals surface area contributed by atoms with Crippen molar-refractivity contribution in [2.75, 3.05) is 26.2 Å². The molecule has 98 valence electrons. The molecule has 2 rings (SSSR count). The zero-order valence-corrected chi connectivity index (χ0v) is 10.2. The fourth-order valence-electron chi connectivity index (χ4n) is 1.81. The Hall–Kier alpha value is -1.89. The normalized spacial score (nSPS) is 19.6. The highest BCUT2D eigenvalue weighted by Crippen LogP contribution is 2.04. The van der Waals surface area contributed by atoms with E-state index in [1.807, 2.05) is 0 Å². The van der Waals surface area contributed by atoms with Gasteiger partial charge in [-0.15, -0.1) is 0 Å². The van der Waals surface area contributed by atoms with Gasteiger partial charge in [0, 0.05) is 26.6 Å². The first kappa shape index (κ1) is 12.6. The number of nitrogens with zero attached hydrogens (tertiary/aromatic N) is 2. The highest BCUT2D eigenvalue weighted by atomic mass is 16.5. The number of rotatable bonds is 3. The van der Waals surface area contributed by atoms with Gasteiger partial charge in [-0.05, 0) is 0 Å². The summed E-state index contributed by atoms with van der Waals surface area (Å²) < 4.78 is 5.49. The molecule has 7 nitrogen and oxygen atoms in total. The largest absolute Gasteiger partial charge is 0.373 e. The van der Waals surface area contributed by atoms with Crippen LogP contribution in [0.4, 0.5) is 0 Å². The Kier molecular flexibility index (Phi) is 3.93. The number of morpholine rings is 1. The van der Waals surface area contributed by atoms with E-state index in [-0.39, 0.29) is 17.9 Å². The van der Waals surface area contributed by atoms with Gasteiger partial charge in [-0.1, -0.05) is 0 Å². The van der Waals surface area contributed by atoms with Gasteiger partial charge in [0.2, 0.25) is 5.91 Å². The number of carbonyl (C=O) groups is 2. The third-order valence-electron chi connectivity index (χ3n) is 2.82. The number of H-pyrrole nitrogens is 1. The Balaban J connectivity index is 1.80. The maximum absolute atomic E-state index is 11.6. The maximum Gasteiger partial charge on any atom is 0.269 e. The standard InChI is InChI=1S/C11H16N4O3/c1-8(16)15-2-3-18-9(6-15)4-13-11(17)10-5-12-7-14-10/h5,7,9H,2-4,6H2,1H3,(H,12,14)(H,13,17)/t9-/m1/s1. The summed E-state index contributed by atoms with van der Waals surface area (Å²) in [5.74, 6) is -0.195. The Morgan fingerprint density at radius 2 is 2.50 bits per heavy atom. The molecule has 1 saturated heterocycles. The van der Waals surface area contributed by atoms with E-state index in [1.54, 1.807) is 4.90 Å². The van der Waals surface area contributed by atoms with Gasteiger partial charge >= 0.3 is 0 Å². The summed E-state index contributed by atoms with van der Waals surface area (Å²) >= 11 is 0. The molecule has 0 aliphatic carbocycles. The van der Waals surface area contributed by atoms with Crippen molar-refractivity contribution in [3.8, 4) is 0 Å². The lowest BCUT2D eigenvalue weighted by molar-refractivity contribution is -0.136. The van der Waals surface area contributed by atoms with Crippen molar-refractivity contribution < 1.29 is 14.3 Å². The van der Waals surface area contributed by atoms with Crippen molar-refractivity contribution in [1.82, 2.24) is 20.2 Å². The lowest BCUT2D eigenvalue weighted by atomic mass is 10.2. The summed E-state index contributed by atoms with van der Waals surface area (Å²) in [6.45, 7) is 3.54. The number of hydrogen-bond acceptors (Lipinski definition) is 4. The van der Waals surface area contributed by atoms with E-state index in [2.05, 4.69) is 15.3 Å². The zero-order valence-electron chi connectivity index (χ0n) is 10.2. The van der Waals surface area contributed by atoms with E-state index < -0.39 is 0 Å². The average Bonchev–Trinajstić information content (AvgIpc) is 2.90. The van der Waals surface area contributed by atoms with E-state index >= 15 is 0 Å². The lowest BCUT2D eigenvalue weighted by Gasteiger charge is -2.32. The molecule has 2 heterocycles. The number of aromatic nitrogens is 2. The van der Waals surface area contributed by atoms with Gasteiger partial charge in [-0.3, -0.25) is 9.59 Å². The number of amides is 2. The summed E-state index contributed by atoms with van der Waals surface area (Å²) in [5, 5.41) is 2.74. The second kappa shape index (κ2) is 5.63. The topological polar surface area (TPSA) is 87.3 Å². The first-order valence-corrected chi connectivity index (χ1v) is 5.80. The van der Waals surface area contributed by atoms with Gasteiger partial charge in [-0.25, -0.2) is 4.98 Å². The third-order valence-corrected chi connectivity index (χ3v) is 2.82. The van der Waals surface area contributed by atoms with E-state index in [1.165, 1.54) is 19.4 Å². The Morgan fingerprint density at radius 1 is 1.67 bits per heavy atom. The van der Waals surface area contributed by atoms with E-state index in [4.69, 9.17) is 4.74 Å². The number of hydrogen-bond donors (Lipinski definition) is 2. The third kappa shape index (κ3) is 3.07. The highest BCUT2D eigenvalue weighted by molar-refractivity contribution is 5.91. The van der Waals surface area contributed by atoms with Crippen LogP contribution >= 0.6 is 0 Å². The van der Waals surface area contributed by atoms with Crippen LogP contribution in [0.1, 0.15) is 17.4 Å². The van der Waals surface area contributed by atoms with Gasteiger partial charge in [0.25, 0.3) is 5.91 Å². The van der Waals surface area contributed by atoms with Crippen LogP contribution in [0.2, 0.25) is 0 Å². The second-order valence-electron chi connectivity index (χ2n) is 4.13. The molecule has 18 heavy (non-hydrogen) atoms. The van der Waals surface area contributed by atoms with Crippen molar-refractivity contribution in [3.05, 3.63) is 18.2 Å². The molecule has 1 fully saturated rings. The van der Waals surface area contributed by atoms with Crippen LogP contribution in [0.5, 0.6) is 0 Å². The molecule has 0 spiro atoms. The minimum absolute atomic E-state index is 0.0307. The monoisotopic (exact) mass is 252 g/mol. The predicted molar refractivity (Wildman–Crippen MR) is 62.9 cm³/mol. The van der Waals surface area contributed by atoms with Crippen LogP contribution in [0.25, 0.3) is 0 Å². The Labute approximate surface area is 105 Å². The molecule has 0 radical (unpaired) electrons. The zero-order chi connectivity index (χ0) is 13.0. The molecule has 1 aromatic rings. The number of ether oxygens (including phenoxy) is 1. The summed E-state index contributed by atoms with van der Waals surface area (Å²) in [6.07, 6.45) is 2.75. The van der Waals surface area contributed by atoms with E-state index in [9.17, 15) is 9.59 Å². The average molecular weight is 252 g/mol. The molecule has 0 bridgehead atoms. The van der Waals surface area contributed by atoms with Crippen LogP contribution in [-0.4, -0.2) is 59.0 Å². The van der Waals surface area contributed by atoms with E-state index in [0.29, 0.717) is 31.9 Å². The van der Waals surface area contributed by atoms with Crippen molar-refractivity contribution >= 4 is 11.8 Å². The quantitative estimate of drug-likeness (QED) is 0.751. The van der Waals surface area contributed by atoms with Gasteiger partial charge in [0.15, 0.2) is 0 Å². The first-order valence-electron chi connectivity index (χ1n) is 5.80.